The van der Waals surface area contributed by atoms with Gasteiger partial charge in [0, 0.05) is 0 Å². The molecular formula is C14H20BrNO2. The lowest BCUT2D eigenvalue weighted by Crippen LogP contribution is -2.22. The fraction of sp³-hybridized carbons (Fsp3) is 0.500. The van der Waals surface area contributed by atoms with E-state index < -0.39 is 0 Å². The maximum atomic E-state index is 11.9. The van der Waals surface area contributed by atoms with Crippen molar-refractivity contribution in [2.24, 2.45) is 0 Å². The van der Waals surface area contributed by atoms with Gasteiger partial charge in [0.15, 0.2) is 0 Å². The summed E-state index contributed by atoms with van der Waals surface area (Å²) in [6.07, 6.45) is 5.41. The Kier molecular flexibility index (Phi) is 6.80. The van der Waals surface area contributed by atoms with Crippen molar-refractivity contribution < 1.29 is 9.90 Å². The Labute approximate surface area is 117 Å². The van der Waals surface area contributed by atoms with Gasteiger partial charge in [0.2, 0.25) is 5.91 Å². The van der Waals surface area contributed by atoms with E-state index in [9.17, 15) is 9.90 Å². The number of alkyl halides is 1. The number of anilines is 1. The summed E-state index contributed by atoms with van der Waals surface area (Å²) in [7, 11) is 0. The summed E-state index contributed by atoms with van der Waals surface area (Å²) in [6.45, 7) is 2.16. The van der Waals surface area contributed by atoms with Crippen LogP contribution in [0.15, 0.2) is 24.3 Å². The Hall–Kier alpha value is -1.03. The summed E-state index contributed by atoms with van der Waals surface area (Å²) in [5.41, 5.74) is 0.459. The molecule has 0 aliphatic heterocycles. The second kappa shape index (κ2) is 8.14. The lowest BCUT2D eigenvalue weighted by molar-refractivity contribution is -0.115. The number of phenols is 1. The fourth-order valence-electron chi connectivity index (χ4n) is 1.67. The van der Waals surface area contributed by atoms with Crippen molar-refractivity contribution in [3.8, 4) is 5.75 Å². The molecule has 3 nitrogen and oxygen atoms in total. The smallest absolute Gasteiger partial charge is 0.238 e. The van der Waals surface area contributed by atoms with Gasteiger partial charge in [-0.3, -0.25) is 4.79 Å². The molecule has 18 heavy (non-hydrogen) atoms. The Morgan fingerprint density at radius 2 is 2.06 bits per heavy atom. The molecule has 0 aliphatic rings. The third-order valence-corrected chi connectivity index (χ3v) is 3.63. The first kappa shape index (κ1) is 15.0. The SMILES string of the molecule is CCCCCC[C@@H](Br)C(=O)Nc1ccccc1O. The summed E-state index contributed by atoms with van der Waals surface area (Å²) in [4.78, 5) is 11.7. The average molecular weight is 314 g/mol. The van der Waals surface area contributed by atoms with Crippen molar-refractivity contribution in [3.63, 3.8) is 0 Å². The van der Waals surface area contributed by atoms with E-state index in [1.54, 1.807) is 24.3 Å². The zero-order valence-electron chi connectivity index (χ0n) is 10.7. The number of halogens is 1. The van der Waals surface area contributed by atoms with Crippen LogP contribution in [0.5, 0.6) is 5.75 Å². The average Bonchev–Trinajstić information content (AvgIpc) is 2.37. The van der Waals surface area contributed by atoms with Gasteiger partial charge in [-0.15, -0.1) is 0 Å². The molecule has 1 amide bonds. The van der Waals surface area contributed by atoms with E-state index in [1.807, 2.05) is 0 Å². The maximum absolute atomic E-state index is 11.9. The minimum atomic E-state index is -0.200. The number of rotatable bonds is 7. The molecule has 0 fully saturated rings. The normalized spacial score (nSPS) is 12.1. The molecule has 100 valence electrons. The molecular weight excluding hydrogens is 294 g/mol. The zero-order valence-corrected chi connectivity index (χ0v) is 12.2. The molecule has 0 spiro atoms. The largest absolute Gasteiger partial charge is 0.506 e. The maximum Gasteiger partial charge on any atom is 0.238 e. The topological polar surface area (TPSA) is 49.3 Å². The lowest BCUT2D eigenvalue weighted by atomic mass is 10.1. The van der Waals surface area contributed by atoms with E-state index >= 15 is 0 Å². The molecule has 4 heteroatoms. The van der Waals surface area contributed by atoms with E-state index in [0.29, 0.717) is 5.69 Å². The van der Waals surface area contributed by atoms with Crippen molar-refractivity contribution >= 4 is 27.5 Å². The Morgan fingerprint density at radius 3 is 2.72 bits per heavy atom. The van der Waals surface area contributed by atoms with Crippen LogP contribution in [0.3, 0.4) is 0 Å². The number of unbranched alkanes of at least 4 members (excludes halogenated alkanes) is 3. The third kappa shape index (κ3) is 5.08. The Morgan fingerprint density at radius 1 is 1.33 bits per heavy atom. The molecule has 0 aliphatic carbocycles. The summed E-state index contributed by atoms with van der Waals surface area (Å²) in [5.74, 6) is -0.00969. The van der Waals surface area contributed by atoms with Crippen LogP contribution in [0.25, 0.3) is 0 Å². The van der Waals surface area contributed by atoms with Crippen LogP contribution in [0, 0.1) is 0 Å². The number of hydrogen-bond acceptors (Lipinski definition) is 2. The van der Waals surface area contributed by atoms with Crippen LogP contribution in [-0.2, 0) is 4.79 Å². The van der Waals surface area contributed by atoms with E-state index in [-0.39, 0.29) is 16.5 Å². The molecule has 0 bridgehead atoms. The van der Waals surface area contributed by atoms with Crippen LogP contribution in [0.4, 0.5) is 5.69 Å². The number of amides is 1. The lowest BCUT2D eigenvalue weighted by Gasteiger charge is -2.11. The van der Waals surface area contributed by atoms with Gasteiger partial charge >= 0.3 is 0 Å². The zero-order chi connectivity index (χ0) is 13.4. The summed E-state index contributed by atoms with van der Waals surface area (Å²) < 4.78 is 0. The van der Waals surface area contributed by atoms with Crippen LogP contribution < -0.4 is 5.32 Å². The predicted molar refractivity (Wildman–Crippen MR) is 78.2 cm³/mol. The second-order valence-electron chi connectivity index (χ2n) is 4.32. The number of para-hydroxylation sites is 2. The van der Waals surface area contributed by atoms with Gasteiger partial charge in [0.1, 0.15) is 5.75 Å². The number of carbonyl (C=O) groups is 1. The quantitative estimate of drug-likeness (QED) is 0.453. The van der Waals surface area contributed by atoms with E-state index in [1.165, 1.54) is 12.8 Å². The second-order valence-corrected chi connectivity index (χ2v) is 5.43. The van der Waals surface area contributed by atoms with Crippen LogP contribution >= 0.6 is 15.9 Å². The van der Waals surface area contributed by atoms with E-state index in [4.69, 9.17) is 0 Å². The molecule has 0 saturated heterocycles. The number of aromatic hydroxyl groups is 1. The monoisotopic (exact) mass is 313 g/mol. The highest BCUT2D eigenvalue weighted by Gasteiger charge is 2.15. The third-order valence-electron chi connectivity index (χ3n) is 2.76. The van der Waals surface area contributed by atoms with Gasteiger partial charge in [0.05, 0.1) is 10.5 Å². The molecule has 0 heterocycles. The van der Waals surface area contributed by atoms with Gasteiger partial charge in [-0.2, -0.15) is 0 Å². The van der Waals surface area contributed by atoms with Gasteiger partial charge in [-0.05, 0) is 18.6 Å². The van der Waals surface area contributed by atoms with Crippen LogP contribution in [0.1, 0.15) is 39.0 Å². The molecule has 1 aromatic rings. The van der Waals surface area contributed by atoms with Crippen LogP contribution in [0.2, 0.25) is 0 Å². The summed E-state index contributed by atoms with van der Waals surface area (Å²) >= 11 is 3.38. The number of nitrogens with one attached hydrogen (secondary N) is 1. The molecule has 0 radical (unpaired) electrons. The van der Waals surface area contributed by atoms with Crippen molar-refractivity contribution in [1.29, 1.82) is 0 Å². The van der Waals surface area contributed by atoms with Crippen molar-refractivity contribution in [1.82, 2.24) is 0 Å². The molecule has 0 aromatic heterocycles. The Bertz CT molecular complexity index is 382. The molecule has 0 saturated carbocycles. The van der Waals surface area contributed by atoms with Crippen LogP contribution in [-0.4, -0.2) is 15.8 Å². The number of carbonyl (C=O) groups excluding carboxylic acids is 1. The first-order chi connectivity index (χ1) is 8.65. The first-order valence-electron chi connectivity index (χ1n) is 6.38. The van der Waals surface area contributed by atoms with E-state index in [0.717, 1.165) is 19.3 Å². The highest BCUT2D eigenvalue weighted by Crippen LogP contribution is 2.23. The van der Waals surface area contributed by atoms with Crippen molar-refractivity contribution in [2.45, 2.75) is 43.9 Å². The first-order valence-corrected chi connectivity index (χ1v) is 7.29. The minimum absolute atomic E-state index is 0.0940. The van der Waals surface area contributed by atoms with Gasteiger partial charge in [-0.25, -0.2) is 0 Å². The summed E-state index contributed by atoms with van der Waals surface area (Å²) in [5, 5.41) is 12.3. The Balaban J connectivity index is 2.38. The van der Waals surface area contributed by atoms with Crippen molar-refractivity contribution in [3.05, 3.63) is 24.3 Å². The van der Waals surface area contributed by atoms with Crippen molar-refractivity contribution in [2.75, 3.05) is 5.32 Å². The number of hydrogen-bond donors (Lipinski definition) is 2. The molecule has 1 rings (SSSR count). The van der Waals surface area contributed by atoms with Gasteiger partial charge < -0.3 is 10.4 Å². The highest BCUT2D eigenvalue weighted by atomic mass is 79.9. The minimum Gasteiger partial charge on any atom is -0.506 e. The summed E-state index contributed by atoms with van der Waals surface area (Å²) in [6, 6.07) is 6.74. The van der Waals surface area contributed by atoms with Gasteiger partial charge in [0.25, 0.3) is 0 Å². The molecule has 1 aromatic carbocycles. The number of benzene rings is 1. The molecule has 0 unspecified atom stereocenters. The molecule has 2 N–H and O–H groups in total. The van der Waals surface area contributed by atoms with Gasteiger partial charge in [-0.1, -0.05) is 60.7 Å². The fourth-order valence-corrected chi connectivity index (χ4v) is 2.11. The number of phenolic OH excluding ortho intramolecular Hbond substituents is 1. The molecule has 1 atom stereocenters. The van der Waals surface area contributed by atoms with E-state index in [2.05, 4.69) is 28.2 Å². The standard InChI is InChI=1S/C14H20BrNO2/c1-2-3-4-5-8-11(15)14(18)16-12-9-6-7-10-13(12)17/h6-7,9-11,17H,2-5,8H2,1H3,(H,16,18)/t11-/m1/s1. The predicted octanol–water partition coefficient (Wildman–Crippen LogP) is 4.06. The highest BCUT2D eigenvalue weighted by molar-refractivity contribution is 9.10.